The van der Waals surface area contributed by atoms with Crippen molar-refractivity contribution in [1.29, 1.82) is 0 Å². The monoisotopic (exact) mass is 200 g/mol. The Bertz CT molecular complexity index is 171. The van der Waals surface area contributed by atoms with E-state index in [4.69, 9.17) is 0 Å². The lowest BCUT2D eigenvalue weighted by Gasteiger charge is -2.35. The molecule has 0 radical (unpaired) electrons. The Morgan fingerprint density at radius 3 is 1.93 bits per heavy atom. The molecule has 84 valence electrons. The Balaban J connectivity index is 4.82. The predicted molar refractivity (Wildman–Crippen MR) is 59.3 cm³/mol. The molecule has 1 N–H and O–H groups in total. The first-order chi connectivity index (χ1) is 6.58. The summed E-state index contributed by atoms with van der Waals surface area (Å²) in [4.78, 5) is 11.4. The minimum Gasteiger partial charge on any atom is -0.481 e. The highest BCUT2D eigenvalue weighted by Crippen LogP contribution is 2.40. The second-order valence-electron chi connectivity index (χ2n) is 4.06. The third-order valence-corrected chi connectivity index (χ3v) is 3.60. The van der Waals surface area contributed by atoms with Crippen LogP contribution in [0.25, 0.3) is 0 Å². The molecular weight excluding hydrogens is 176 g/mol. The van der Waals surface area contributed by atoms with Crippen molar-refractivity contribution in [3.8, 4) is 0 Å². The van der Waals surface area contributed by atoms with Crippen LogP contribution in [0.4, 0.5) is 0 Å². The Hall–Kier alpha value is -0.530. The standard InChI is InChI=1S/C12H24O2/c1-5-9-10(6-2)12(7-3,8-4)11(13)14/h10H,5-9H2,1-4H3,(H,13,14). The van der Waals surface area contributed by atoms with Gasteiger partial charge in [0.05, 0.1) is 5.41 Å². The highest BCUT2D eigenvalue weighted by atomic mass is 16.4. The molecule has 0 saturated carbocycles. The number of carboxylic acid groups (broad SMARTS) is 1. The number of carbonyl (C=O) groups is 1. The van der Waals surface area contributed by atoms with Crippen LogP contribution in [0.2, 0.25) is 0 Å². The summed E-state index contributed by atoms with van der Waals surface area (Å²) in [7, 11) is 0. The van der Waals surface area contributed by atoms with Crippen molar-refractivity contribution < 1.29 is 9.90 Å². The first-order valence-electron chi connectivity index (χ1n) is 5.82. The van der Waals surface area contributed by atoms with E-state index >= 15 is 0 Å². The molecule has 14 heavy (non-hydrogen) atoms. The topological polar surface area (TPSA) is 37.3 Å². The molecule has 0 fully saturated rings. The molecule has 0 aromatic rings. The van der Waals surface area contributed by atoms with Crippen molar-refractivity contribution >= 4 is 5.97 Å². The fraction of sp³-hybridized carbons (Fsp3) is 0.917. The maximum Gasteiger partial charge on any atom is 0.309 e. The Kier molecular flexibility index (Phi) is 5.82. The quantitative estimate of drug-likeness (QED) is 0.680. The second kappa shape index (κ2) is 6.05. The smallest absolute Gasteiger partial charge is 0.309 e. The number of rotatable bonds is 7. The maximum atomic E-state index is 11.4. The SMILES string of the molecule is CCCC(CC)C(CC)(CC)C(=O)O. The number of carboxylic acids is 1. The van der Waals surface area contributed by atoms with Crippen molar-refractivity contribution in [3.63, 3.8) is 0 Å². The highest BCUT2D eigenvalue weighted by Gasteiger charge is 2.41. The second-order valence-corrected chi connectivity index (χ2v) is 4.06. The van der Waals surface area contributed by atoms with E-state index in [2.05, 4.69) is 13.8 Å². The summed E-state index contributed by atoms with van der Waals surface area (Å²) >= 11 is 0. The van der Waals surface area contributed by atoms with Crippen LogP contribution in [0, 0.1) is 11.3 Å². The van der Waals surface area contributed by atoms with Gasteiger partial charge in [0.15, 0.2) is 0 Å². The minimum atomic E-state index is -0.609. The van der Waals surface area contributed by atoms with Gasteiger partial charge < -0.3 is 5.11 Å². The van der Waals surface area contributed by atoms with Gasteiger partial charge in [-0.15, -0.1) is 0 Å². The summed E-state index contributed by atoms with van der Waals surface area (Å²) in [5.41, 5.74) is -0.481. The van der Waals surface area contributed by atoms with E-state index in [1.165, 1.54) is 0 Å². The zero-order valence-electron chi connectivity index (χ0n) is 9.97. The molecule has 0 bridgehead atoms. The molecule has 0 aliphatic rings. The Labute approximate surface area is 87.7 Å². The number of hydrogen-bond donors (Lipinski definition) is 1. The lowest BCUT2D eigenvalue weighted by atomic mass is 9.68. The Morgan fingerprint density at radius 1 is 1.21 bits per heavy atom. The molecule has 0 aliphatic carbocycles. The fourth-order valence-electron chi connectivity index (χ4n) is 2.52. The zero-order valence-corrected chi connectivity index (χ0v) is 9.97. The molecule has 1 atom stereocenters. The van der Waals surface area contributed by atoms with Crippen LogP contribution in [-0.2, 0) is 4.79 Å². The average molecular weight is 200 g/mol. The van der Waals surface area contributed by atoms with E-state index in [1.807, 2.05) is 13.8 Å². The van der Waals surface area contributed by atoms with Gasteiger partial charge in [-0.25, -0.2) is 0 Å². The Morgan fingerprint density at radius 2 is 1.71 bits per heavy atom. The summed E-state index contributed by atoms with van der Waals surface area (Å²) < 4.78 is 0. The lowest BCUT2D eigenvalue weighted by Crippen LogP contribution is -2.37. The number of hydrogen-bond acceptors (Lipinski definition) is 1. The van der Waals surface area contributed by atoms with Crippen LogP contribution in [0.1, 0.15) is 59.8 Å². The maximum absolute atomic E-state index is 11.4. The predicted octanol–water partition coefficient (Wildman–Crippen LogP) is 3.70. The molecule has 0 aromatic heterocycles. The van der Waals surface area contributed by atoms with Crippen molar-refractivity contribution in [2.24, 2.45) is 11.3 Å². The molecule has 2 heteroatoms. The van der Waals surface area contributed by atoms with E-state index in [0.29, 0.717) is 5.92 Å². The third kappa shape index (κ3) is 2.49. The molecule has 2 nitrogen and oxygen atoms in total. The molecule has 0 saturated heterocycles. The van der Waals surface area contributed by atoms with Gasteiger partial charge in [-0.2, -0.15) is 0 Å². The summed E-state index contributed by atoms with van der Waals surface area (Å²) in [6.07, 6.45) is 4.58. The summed E-state index contributed by atoms with van der Waals surface area (Å²) in [5.74, 6) is -0.275. The van der Waals surface area contributed by atoms with Gasteiger partial charge in [0.25, 0.3) is 0 Å². The molecule has 1 unspecified atom stereocenters. The van der Waals surface area contributed by atoms with Gasteiger partial charge in [-0.1, -0.05) is 40.5 Å². The summed E-state index contributed by atoms with van der Waals surface area (Å²) in [6, 6.07) is 0. The van der Waals surface area contributed by atoms with Crippen molar-refractivity contribution in [1.82, 2.24) is 0 Å². The van der Waals surface area contributed by atoms with Crippen LogP contribution >= 0.6 is 0 Å². The molecule has 0 aromatic carbocycles. The molecular formula is C12H24O2. The fourth-order valence-corrected chi connectivity index (χ4v) is 2.52. The molecule has 0 heterocycles. The summed E-state index contributed by atoms with van der Waals surface area (Å²) in [6.45, 7) is 8.22. The van der Waals surface area contributed by atoms with E-state index in [0.717, 1.165) is 32.1 Å². The van der Waals surface area contributed by atoms with E-state index in [1.54, 1.807) is 0 Å². The molecule has 0 rings (SSSR count). The highest BCUT2D eigenvalue weighted by molar-refractivity contribution is 5.74. The first-order valence-corrected chi connectivity index (χ1v) is 5.82. The number of aliphatic carboxylic acids is 1. The van der Waals surface area contributed by atoms with Gasteiger partial charge >= 0.3 is 5.97 Å². The van der Waals surface area contributed by atoms with Gasteiger partial charge in [0.2, 0.25) is 0 Å². The minimum absolute atomic E-state index is 0.333. The third-order valence-electron chi connectivity index (χ3n) is 3.60. The van der Waals surface area contributed by atoms with E-state index in [-0.39, 0.29) is 0 Å². The normalized spacial score (nSPS) is 14.0. The van der Waals surface area contributed by atoms with Crippen molar-refractivity contribution in [3.05, 3.63) is 0 Å². The van der Waals surface area contributed by atoms with Gasteiger partial charge in [0.1, 0.15) is 0 Å². The largest absolute Gasteiger partial charge is 0.481 e. The zero-order chi connectivity index (χ0) is 11.2. The van der Waals surface area contributed by atoms with Crippen LogP contribution in [0.15, 0.2) is 0 Å². The van der Waals surface area contributed by atoms with Crippen LogP contribution in [0.5, 0.6) is 0 Å². The van der Waals surface area contributed by atoms with Crippen LogP contribution in [0.3, 0.4) is 0 Å². The van der Waals surface area contributed by atoms with Crippen molar-refractivity contribution in [2.75, 3.05) is 0 Å². The first kappa shape index (κ1) is 13.5. The summed E-state index contributed by atoms with van der Waals surface area (Å²) in [5, 5.41) is 9.35. The molecule has 0 amide bonds. The average Bonchev–Trinajstić information content (AvgIpc) is 2.18. The molecule has 0 spiro atoms. The van der Waals surface area contributed by atoms with Gasteiger partial charge in [-0.3, -0.25) is 4.79 Å². The van der Waals surface area contributed by atoms with E-state index < -0.39 is 11.4 Å². The van der Waals surface area contributed by atoms with Crippen LogP contribution < -0.4 is 0 Å². The lowest BCUT2D eigenvalue weighted by molar-refractivity contribution is -0.153. The van der Waals surface area contributed by atoms with Gasteiger partial charge in [0, 0.05) is 0 Å². The van der Waals surface area contributed by atoms with E-state index in [9.17, 15) is 9.90 Å². The van der Waals surface area contributed by atoms with Crippen LogP contribution in [-0.4, -0.2) is 11.1 Å². The molecule has 0 aliphatic heterocycles. The van der Waals surface area contributed by atoms with Gasteiger partial charge in [-0.05, 0) is 25.2 Å². The van der Waals surface area contributed by atoms with Crippen molar-refractivity contribution in [2.45, 2.75) is 59.8 Å².